The second-order valence-electron chi connectivity index (χ2n) is 9.92. The lowest BCUT2D eigenvalue weighted by molar-refractivity contribution is -0.147. The maximum absolute atomic E-state index is 13.2. The summed E-state index contributed by atoms with van der Waals surface area (Å²) in [6.07, 6.45) is 2.86. The molecule has 0 amide bonds. The lowest BCUT2D eigenvalue weighted by atomic mass is 9.85. The topological polar surface area (TPSA) is 49.8 Å². The van der Waals surface area contributed by atoms with Crippen molar-refractivity contribution in [1.82, 2.24) is 4.90 Å². The number of hydrogen-bond donors (Lipinski definition) is 1. The molecule has 2 aromatic carbocycles. The van der Waals surface area contributed by atoms with Gasteiger partial charge in [-0.15, -0.1) is 12.4 Å². The average Bonchev–Trinajstić information content (AvgIpc) is 2.75. The summed E-state index contributed by atoms with van der Waals surface area (Å²) in [5.41, 5.74) is 6.47. The number of halogens is 2. The molecule has 0 radical (unpaired) electrons. The largest absolute Gasteiger partial charge is 0.493 e. The average molecular weight is 488 g/mol. The fourth-order valence-electron chi connectivity index (χ4n) is 4.83. The first kappa shape index (κ1) is 26.2. The second-order valence-corrected chi connectivity index (χ2v) is 9.92. The molecule has 1 aliphatic heterocycles. The SMILES string of the molecule is CC1=C(CN2CC(C(=O)O)C2)CCc2cc(OC[C@H](Cc3ccc(F)cc3)C(C)C)ccc21.Cl. The van der Waals surface area contributed by atoms with Gasteiger partial charge in [-0.25, -0.2) is 4.39 Å². The van der Waals surface area contributed by atoms with Gasteiger partial charge >= 0.3 is 5.97 Å². The molecule has 0 spiro atoms. The molecule has 0 bridgehead atoms. The summed E-state index contributed by atoms with van der Waals surface area (Å²) in [7, 11) is 0. The van der Waals surface area contributed by atoms with E-state index in [9.17, 15) is 9.18 Å². The number of likely N-dealkylation sites (tertiary alicyclic amines) is 1. The van der Waals surface area contributed by atoms with Crippen LogP contribution in [0.1, 0.15) is 43.9 Å². The van der Waals surface area contributed by atoms with Crippen molar-refractivity contribution in [2.75, 3.05) is 26.2 Å². The Morgan fingerprint density at radius 3 is 2.50 bits per heavy atom. The number of hydrogen-bond acceptors (Lipinski definition) is 3. The zero-order valence-electron chi connectivity index (χ0n) is 20.2. The Kier molecular flexibility index (Phi) is 8.78. The van der Waals surface area contributed by atoms with Crippen molar-refractivity contribution >= 4 is 23.9 Å². The van der Waals surface area contributed by atoms with Gasteiger partial charge in [0.1, 0.15) is 11.6 Å². The zero-order valence-corrected chi connectivity index (χ0v) is 21.0. The van der Waals surface area contributed by atoms with E-state index in [-0.39, 0.29) is 24.1 Å². The molecule has 1 atom stereocenters. The molecule has 1 fully saturated rings. The molecule has 4 nitrogen and oxygen atoms in total. The summed E-state index contributed by atoms with van der Waals surface area (Å²) >= 11 is 0. The van der Waals surface area contributed by atoms with Crippen LogP contribution in [0, 0.1) is 23.6 Å². The lowest BCUT2D eigenvalue weighted by Crippen LogP contribution is -2.50. The number of ether oxygens (including phenoxy) is 1. The van der Waals surface area contributed by atoms with Gasteiger partial charge in [-0.3, -0.25) is 9.69 Å². The van der Waals surface area contributed by atoms with Crippen LogP contribution in [0.4, 0.5) is 4.39 Å². The minimum absolute atomic E-state index is 0. The quantitative estimate of drug-likeness (QED) is 0.480. The highest BCUT2D eigenvalue weighted by Gasteiger charge is 2.33. The third kappa shape index (κ3) is 6.19. The van der Waals surface area contributed by atoms with Crippen LogP contribution in [0.25, 0.3) is 5.57 Å². The predicted molar refractivity (Wildman–Crippen MR) is 136 cm³/mol. The molecule has 1 saturated heterocycles. The highest BCUT2D eigenvalue weighted by Crippen LogP contribution is 2.35. The maximum atomic E-state index is 13.2. The van der Waals surface area contributed by atoms with E-state index in [2.05, 4.69) is 43.9 Å². The molecule has 6 heteroatoms. The highest BCUT2D eigenvalue weighted by molar-refractivity contribution is 5.85. The number of allylic oxidation sites excluding steroid dienone is 1. The normalized spacial score (nSPS) is 17.1. The Morgan fingerprint density at radius 1 is 1.15 bits per heavy atom. The summed E-state index contributed by atoms with van der Waals surface area (Å²) in [5, 5.41) is 9.09. The fourth-order valence-corrected chi connectivity index (χ4v) is 4.83. The number of aliphatic carboxylic acids is 1. The molecular formula is C28H35ClFNO3. The van der Waals surface area contributed by atoms with Gasteiger partial charge in [0.15, 0.2) is 0 Å². The Bertz CT molecular complexity index is 1030. The van der Waals surface area contributed by atoms with Crippen molar-refractivity contribution in [3.05, 3.63) is 70.5 Å². The fraction of sp³-hybridized carbons (Fsp3) is 0.464. The summed E-state index contributed by atoms with van der Waals surface area (Å²) in [6, 6.07) is 13.2. The van der Waals surface area contributed by atoms with Gasteiger partial charge in [-0.05, 0) is 84.6 Å². The third-order valence-electron chi connectivity index (χ3n) is 7.25. The van der Waals surface area contributed by atoms with Crippen molar-refractivity contribution in [1.29, 1.82) is 0 Å². The second kappa shape index (κ2) is 11.4. The Balaban J connectivity index is 0.00000324. The Labute approximate surface area is 208 Å². The number of carboxylic acid groups (broad SMARTS) is 1. The van der Waals surface area contributed by atoms with Gasteiger partial charge in [-0.2, -0.15) is 0 Å². The van der Waals surface area contributed by atoms with E-state index >= 15 is 0 Å². The molecule has 0 saturated carbocycles. The minimum atomic E-state index is -0.684. The van der Waals surface area contributed by atoms with Gasteiger partial charge in [-0.1, -0.05) is 37.6 Å². The maximum Gasteiger partial charge on any atom is 0.309 e. The Hall–Kier alpha value is -2.37. The van der Waals surface area contributed by atoms with Crippen LogP contribution < -0.4 is 4.74 Å². The third-order valence-corrected chi connectivity index (χ3v) is 7.25. The molecule has 1 heterocycles. The van der Waals surface area contributed by atoms with E-state index in [4.69, 9.17) is 9.84 Å². The molecule has 184 valence electrons. The molecule has 4 rings (SSSR count). The highest BCUT2D eigenvalue weighted by atomic mass is 35.5. The van der Waals surface area contributed by atoms with Crippen LogP contribution >= 0.6 is 12.4 Å². The molecule has 34 heavy (non-hydrogen) atoms. The molecule has 2 aromatic rings. The number of carboxylic acids is 1. The van der Waals surface area contributed by atoms with Crippen LogP contribution in [0.15, 0.2) is 48.0 Å². The predicted octanol–water partition coefficient (Wildman–Crippen LogP) is 5.88. The van der Waals surface area contributed by atoms with Crippen LogP contribution in [0.3, 0.4) is 0 Å². The number of nitrogens with zero attached hydrogens (tertiary/aromatic N) is 1. The van der Waals surface area contributed by atoms with Crippen LogP contribution in [-0.4, -0.2) is 42.2 Å². The molecule has 0 aromatic heterocycles. The number of carbonyl (C=O) groups is 1. The summed E-state index contributed by atoms with van der Waals surface area (Å²) in [6.45, 7) is 9.40. The van der Waals surface area contributed by atoms with Crippen molar-refractivity contribution in [3.63, 3.8) is 0 Å². The van der Waals surface area contributed by atoms with Gasteiger partial charge in [0.2, 0.25) is 0 Å². The summed E-state index contributed by atoms with van der Waals surface area (Å²) in [4.78, 5) is 13.3. The number of rotatable bonds is 9. The van der Waals surface area contributed by atoms with Gasteiger partial charge in [0.25, 0.3) is 0 Å². The Morgan fingerprint density at radius 2 is 1.85 bits per heavy atom. The standard InChI is InChI=1S/C28H34FNO3.ClH/c1-18(2)23(12-20-4-8-25(29)9-5-20)17-33-26-10-11-27-19(3)22(7-6-21(27)13-26)14-30-15-24(16-30)28(31)32;/h4-5,8-11,13,18,23-24H,6-7,12,14-17H2,1-3H3,(H,31,32);1H/t23-;/m0./s1. The molecular weight excluding hydrogens is 453 g/mol. The van der Waals surface area contributed by atoms with Crippen LogP contribution in [0.5, 0.6) is 5.75 Å². The monoisotopic (exact) mass is 487 g/mol. The van der Waals surface area contributed by atoms with Crippen molar-refractivity contribution in [2.24, 2.45) is 17.8 Å². The number of benzene rings is 2. The van der Waals surface area contributed by atoms with Crippen molar-refractivity contribution in [2.45, 2.75) is 40.0 Å². The van der Waals surface area contributed by atoms with Gasteiger partial charge in [0.05, 0.1) is 12.5 Å². The first-order valence-corrected chi connectivity index (χ1v) is 11.9. The van der Waals surface area contributed by atoms with E-state index in [0.29, 0.717) is 31.5 Å². The summed E-state index contributed by atoms with van der Waals surface area (Å²) < 4.78 is 19.4. The first-order valence-electron chi connectivity index (χ1n) is 11.9. The zero-order chi connectivity index (χ0) is 23.5. The number of fused-ring (bicyclic) bond motifs is 1. The van der Waals surface area contributed by atoms with E-state index < -0.39 is 5.97 Å². The molecule has 0 unspecified atom stereocenters. The minimum Gasteiger partial charge on any atom is -0.493 e. The van der Waals surface area contributed by atoms with E-state index in [1.807, 2.05) is 12.1 Å². The van der Waals surface area contributed by atoms with E-state index in [1.165, 1.54) is 34.4 Å². The van der Waals surface area contributed by atoms with Crippen LogP contribution in [-0.2, 0) is 17.6 Å². The van der Waals surface area contributed by atoms with Crippen LogP contribution in [0.2, 0.25) is 0 Å². The van der Waals surface area contributed by atoms with Crippen molar-refractivity contribution < 1.29 is 19.0 Å². The summed E-state index contributed by atoms with van der Waals surface area (Å²) in [5.74, 6) is 0.623. The molecule has 1 N–H and O–H groups in total. The smallest absolute Gasteiger partial charge is 0.309 e. The first-order chi connectivity index (χ1) is 15.8. The van der Waals surface area contributed by atoms with Crippen molar-refractivity contribution in [3.8, 4) is 5.75 Å². The van der Waals surface area contributed by atoms with Gasteiger partial charge < -0.3 is 9.84 Å². The van der Waals surface area contributed by atoms with E-state index in [1.54, 1.807) is 0 Å². The van der Waals surface area contributed by atoms with E-state index in [0.717, 1.165) is 37.1 Å². The number of aryl methyl sites for hydroxylation is 1. The lowest BCUT2D eigenvalue weighted by Gasteiger charge is -2.38. The molecule has 1 aliphatic carbocycles. The van der Waals surface area contributed by atoms with Gasteiger partial charge in [0, 0.05) is 19.6 Å². The molecule has 2 aliphatic rings.